The molecule has 1 aromatic heterocycles. The Bertz CT molecular complexity index is 647. The molecule has 1 heterocycles. The Kier molecular flexibility index (Phi) is 5.42. The number of rotatable bonds is 6. The van der Waals surface area contributed by atoms with Gasteiger partial charge in [0.25, 0.3) is 0 Å². The SMILES string of the molecule is CCSc1cccc(-n2nc(CC)cc2CC)c1C(N)=S. The number of benzene rings is 1. The number of aryl methyl sites for hydroxylation is 2. The smallest absolute Gasteiger partial charge is 0.107 e. The van der Waals surface area contributed by atoms with Gasteiger partial charge in [-0.05, 0) is 36.8 Å². The fourth-order valence-electron chi connectivity index (χ4n) is 2.33. The van der Waals surface area contributed by atoms with Crippen LogP contribution >= 0.6 is 24.0 Å². The van der Waals surface area contributed by atoms with E-state index in [0.717, 1.165) is 40.4 Å². The number of hydrogen-bond acceptors (Lipinski definition) is 3. The molecule has 0 amide bonds. The van der Waals surface area contributed by atoms with Crippen molar-refractivity contribution in [2.24, 2.45) is 5.73 Å². The van der Waals surface area contributed by atoms with Gasteiger partial charge in [-0.3, -0.25) is 0 Å². The van der Waals surface area contributed by atoms with Gasteiger partial charge in [-0.2, -0.15) is 5.10 Å². The summed E-state index contributed by atoms with van der Waals surface area (Å²) in [6.07, 6.45) is 1.85. The molecule has 2 N–H and O–H groups in total. The predicted molar refractivity (Wildman–Crippen MR) is 94.6 cm³/mol. The molecule has 0 saturated heterocycles. The molecule has 0 aliphatic heterocycles. The third-order valence-electron chi connectivity index (χ3n) is 3.34. The maximum atomic E-state index is 5.99. The first-order valence-electron chi connectivity index (χ1n) is 7.26. The standard InChI is InChI=1S/C16H21N3S2/c1-4-11-10-12(5-2)19(18-11)13-8-7-9-14(21-6-3)15(13)16(17)20/h7-10H,4-6H2,1-3H3,(H2,17,20). The van der Waals surface area contributed by atoms with Crippen molar-refractivity contribution in [2.45, 2.75) is 38.5 Å². The van der Waals surface area contributed by atoms with Gasteiger partial charge in [0.1, 0.15) is 4.99 Å². The zero-order valence-electron chi connectivity index (χ0n) is 12.7. The predicted octanol–water partition coefficient (Wildman–Crippen LogP) is 3.74. The van der Waals surface area contributed by atoms with Crippen molar-refractivity contribution in [1.82, 2.24) is 9.78 Å². The van der Waals surface area contributed by atoms with E-state index in [1.54, 1.807) is 11.8 Å². The minimum Gasteiger partial charge on any atom is -0.389 e. The molecule has 0 spiro atoms. The van der Waals surface area contributed by atoms with Gasteiger partial charge in [0.05, 0.1) is 11.4 Å². The topological polar surface area (TPSA) is 43.8 Å². The van der Waals surface area contributed by atoms with Crippen LogP contribution in [0.15, 0.2) is 29.2 Å². The number of nitrogens with zero attached hydrogens (tertiary/aromatic N) is 2. The van der Waals surface area contributed by atoms with E-state index < -0.39 is 0 Å². The van der Waals surface area contributed by atoms with Gasteiger partial charge in [-0.15, -0.1) is 11.8 Å². The molecule has 0 radical (unpaired) electrons. The molecule has 2 aromatic rings. The molecule has 0 saturated carbocycles. The van der Waals surface area contributed by atoms with Crippen LogP contribution in [-0.2, 0) is 12.8 Å². The molecule has 21 heavy (non-hydrogen) atoms. The molecule has 0 fully saturated rings. The zero-order valence-corrected chi connectivity index (χ0v) is 14.4. The fraction of sp³-hybridized carbons (Fsp3) is 0.375. The van der Waals surface area contributed by atoms with E-state index in [1.165, 1.54) is 5.69 Å². The Morgan fingerprint density at radius 1 is 1.29 bits per heavy atom. The molecule has 2 rings (SSSR count). The minimum atomic E-state index is 0.428. The fourth-order valence-corrected chi connectivity index (χ4v) is 3.45. The normalized spacial score (nSPS) is 10.8. The van der Waals surface area contributed by atoms with Crippen molar-refractivity contribution in [3.8, 4) is 5.69 Å². The molecular weight excluding hydrogens is 298 g/mol. The van der Waals surface area contributed by atoms with Crippen LogP contribution in [0.5, 0.6) is 0 Å². The number of nitrogens with two attached hydrogens (primary N) is 1. The average molecular weight is 319 g/mol. The lowest BCUT2D eigenvalue weighted by atomic mass is 10.1. The van der Waals surface area contributed by atoms with Crippen molar-refractivity contribution in [3.05, 3.63) is 41.2 Å². The van der Waals surface area contributed by atoms with E-state index in [4.69, 9.17) is 23.1 Å². The zero-order chi connectivity index (χ0) is 15.4. The van der Waals surface area contributed by atoms with Crippen LogP contribution in [0, 0.1) is 0 Å². The van der Waals surface area contributed by atoms with Crippen LogP contribution in [0.3, 0.4) is 0 Å². The van der Waals surface area contributed by atoms with E-state index in [2.05, 4.69) is 32.9 Å². The summed E-state index contributed by atoms with van der Waals surface area (Å²) in [4.78, 5) is 1.55. The van der Waals surface area contributed by atoms with Crippen LogP contribution in [0.25, 0.3) is 5.69 Å². The third kappa shape index (κ3) is 3.30. The molecule has 0 unspecified atom stereocenters. The van der Waals surface area contributed by atoms with Gasteiger partial charge in [-0.1, -0.05) is 39.1 Å². The highest BCUT2D eigenvalue weighted by atomic mass is 32.2. The maximum Gasteiger partial charge on any atom is 0.107 e. The van der Waals surface area contributed by atoms with Gasteiger partial charge < -0.3 is 5.73 Å². The van der Waals surface area contributed by atoms with Crippen molar-refractivity contribution in [3.63, 3.8) is 0 Å². The van der Waals surface area contributed by atoms with Crippen LogP contribution < -0.4 is 5.73 Å². The van der Waals surface area contributed by atoms with Crippen LogP contribution in [0.4, 0.5) is 0 Å². The second kappa shape index (κ2) is 7.09. The van der Waals surface area contributed by atoms with Crippen molar-refractivity contribution < 1.29 is 0 Å². The molecule has 5 heteroatoms. The summed E-state index contributed by atoms with van der Waals surface area (Å²) < 4.78 is 1.99. The highest BCUT2D eigenvalue weighted by molar-refractivity contribution is 7.99. The lowest BCUT2D eigenvalue weighted by Gasteiger charge is -2.14. The van der Waals surface area contributed by atoms with E-state index in [-0.39, 0.29) is 0 Å². The summed E-state index contributed by atoms with van der Waals surface area (Å²) in [5.74, 6) is 0.985. The monoisotopic (exact) mass is 319 g/mol. The quantitative estimate of drug-likeness (QED) is 0.650. The lowest BCUT2D eigenvalue weighted by Crippen LogP contribution is -2.16. The van der Waals surface area contributed by atoms with Crippen LogP contribution in [-0.4, -0.2) is 20.5 Å². The second-order valence-corrected chi connectivity index (χ2v) is 6.44. The molecule has 3 nitrogen and oxygen atoms in total. The minimum absolute atomic E-state index is 0.428. The van der Waals surface area contributed by atoms with E-state index >= 15 is 0 Å². The Morgan fingerprint density at radius 2 is 2.05 bits per heavy atom. The molecule has 0 aliphatic rings. The molecule has 0 aliphatic carbocycles. The highest BCUT2D eigenvalue weighted by Gasteiger charge is 2.16. The van der Waals surface area contributed by atoms with Gasteiger partial charge in [0.2, 0.25) is 0 Å². The highest BCUT2D eigenvalue weighted by Crippen LogP contribution is 2.28. The Labute approximate surface area is 135 Å². The summed E-state index contributed by atoms with van der Waals surface area (Å²) in [6.45, 7) is 6.38. The summed E-state index contributed by atoms with van der Waals surface area (Å²) in [7, 11) is 0. The van der Waals surface area contributed by atoms with E-state index in [1.807, 2.05) is 16.8 Å². The number of aromatic nitrogens is 2. The Balaban J connectivity index is 2.65. The first-order valence-corrected chi connectivity index (χ1v) is 8.65. The summed E-state index contributed by atoms with van der Waals surface area (Å²) >= 11 is 7.05. The van der Waals surface area contributed by atoms with Gasteiger partial charge in [0.15, 0.2) is 0 Å². The molecular formula is C16H21N3S2. The number of thioether (sulfide) groups is 1. The number of thiocarbonyl (C=S) groups is 1. The van der Waals surface area contributed by atoms with E-state index in [9.17, 15) is 0 Å². The maximum absolute atomic E-state index is 5.99. The molecule has 112 valence electrons. The summed E-state index contributed by atoms with van der Waals surface area (Å²) in [5.41, 5.74) is 10.2. The van der Waals surface area contributed by atoms with Crippen molar-refractivity contribution in [2.75, 3.05) is 5.75 Å². The third-order valence-corrected chi connectivity index (χ3v) is 4.48. The lowest BCUT2D eigenvalue weighted by molar-refractivity contribution is 0.791. The first-order chi connectivity index (χ1) is 10.1. The molecule has 0 atom stereocenters. The van der Waals surface area contributed by atoms with Crippen molar-refractivity contribution in [1.29, 1.82) is 0 Å². The van der Waals surface area contributed by atoms with Crippen molar-refractivity contribution >= 4 is 29.0 Å². The largest absolute Gasteiger partial charge is 0.389 e. The summed E-state index contributed by atoms with van der Waals surface area (Å²) in [5, 5.41) is 4.71. The first kappa shape index (κ1) is 16.0. The van der Waals surface area contributed by atoms with Gasteiger partial charge in [0, 0.05) is 16.2 Å². The molecule has 0 bridgehead atoms. The van der Waals surface area contributed by atoms with Gasteiger partial charge in [-0.25, -0.2) is 4.68 Å². The van der Waals surface area contributed by atoms with E-state index in [0.29, 0.717) is 4.99 Å². The second-order valence-electron chi connectivity index (χ2n) is 4.69. The number of hydrogen-bond donors (Lipinski definition) is 1. The van der Waals surface area contributed by atoms with Gasteiger partial charge >= 0.3 is 0 Å². The Morgan fingerprint density at radius 3 is 2.62 bits per heavy atom. The van der Waals surface area contributed by atoms with Crippen LogP contribution in [0.1, 0.15) is 37.7 Å². The van der Waals surface area contributed by atoms with Crippen LogP contribution in [0.2, 0.25) is 0 Å². The Hall–Kier alpha value is -1.33. The summed E-state index contributed by atoms with van der Waals surface area (Å²) in [6, 6.07) is 8.31. The molecule has 1 aromatic carbocycles. The average Bonchev–Trinajstić information content (AvgIpc) is 2.90.